The van der Waals surface area contributed by atoms with E-state index in [1.54, 1.807) is 25.3 Å². The Morgan fingerprint density at radius 3 is 2.29 bits per heavy atom. The molecule has 1 heterocycles. The Hall–Kier alpha value is -3.09. The Balaban J connectivity index is 0.000000304. The van der Waals surface area contributed by atoms with E-state index in [1.165, 1.54) is 62.2 Å². The van der Waals surface area contributed by atoms with Gasteiger partial charge in [0.15, 0.2) is 0 Å². The lowest BCUT2D eigenvalue weighted by atomic mass is 9.65. The third-order valence-electron chi connectivity index (χ3n) is 7.71. The molecule has 0 amide bonds. The van der Waals surface area contributed by atoms with E-state index in [9.17, 15) is 9.90 Å². The molecule has 0 spiro atoms. The average Bonchev–Trinajstić information content (AvgIpc) is 2.96. The van der Waals surface area contributed by atoms with Gasteiger partial charge in [-0.2, -0.15) is 0 Å². The first kappa shape index (κ1) is 29.5. The van der Waals surface area contributed by atoms with Gasteiger partial charge in [0.2, 0.25) is 0 Å². The molecule has 6 heteroatoms. The summed E-state index contributed by atoms with van der Waals surface area (Å²) >= 11 is 0. The molecule has 6 nitrogen and oxygen atoms in total. The number of hydrogen-bond donors (Lipinski definition) is 2. The van der Waals surface area contributed by atoms with Crippen molar-refractivity contribution in [2.75, 3.05) is 31.6 Å². The van der Waals surface area contributed by atoms with E-state index in [0.717, 1.165) is 18.7 Å². The van der Waals surface area contributed by atoms with Gasteiger partial charge in [-0.05, 0) is 67.4 Å². The summed E-state index contributed by atoms with van der Waals surface area (Å²) in [6.45, 7) is 7.97. The molecule has 1 saturated heterocycles. The number of piperidine rings is 1. The van der Waals surface area contributed by atoms with Gasteiger partial charge in [0.1, 0.15) is 11.9 Å². The lowest BCUT2D eigenvalue weighted by Crippen LogP contribution is -2.59. The zero-order valence-corrected chi connectivity index (χ0v) is 23.1. The molecular formula is C32H44N2O4. The van der Waals surface area contributed by atoms with Gasteiger partial charge in [-0.15, -0.1) is 0 Å². The van der Waals surface area contributed by atoms with E-state index < -0.39 is 12.1 Å². The van der Waals surface area contributed by atoms with Crippen LogP contribution in [0.15, 0.2) is 78.6 Å². The van der Waals surface area contributed by atoms with Crippen LogP contribution < -0.4 is 15.7 Å². The highest BCUT2D eigenvalue weighted by Crippen LogP contribution is 2.48. The Kier molecular flexibility index (Phi) is 11.0. The summed E-state index contributed by atoms with van der Waals surface area (Å²) in [7, 11) is 1.75. The fraction of sp³-hybridized carbons (Fsp3) is 0.469. The smallest absolute Gasteiger partial charge is 0.118 e. The molecule has 4 rings (SSSR count). The maximum absolute atomic E-state index is 10.1. The molecule has 2 aromatic carbocycles. The van der Waals surface area contributed by atoms with Crippen LogP contribution in [0.3, 0.4) is 0 Å². The third-order valence-corrected chi connectivity index (χ3v) is 7.71. The summed E-state index contributed by atoms with van der Waals surface area (Å²) in [6, 6.07) is 17.2. The molecule has 0 bridgehead atoms. The maximum atomic E-state index is 10.1. The number of hydrogen-bond acceptors (Lipinski definition) is 5. The van der Waals surface area contributed by atoms with Gasteiger partial charge < -0.3 is 30.4 Å². The molecule has 0 saturated carbocycles. The van der Waals surface area contributed by atoms with Gasteiger partial charge in [0, 0.05) is 30.1 Å². The fourth-order valence-electron chi connectivity index (χ4n) is 5.56. The van der Waals surface area contributed by atoms with Crippen LogP contribution >= 0.6 is 0 Å². The molecule has 2 aliphatic rings. The molecular weight excluding hydrogens is 476 g/mol. The van der Waals surface area contributed by atoms with Crippen LogP contribution in [0, 0.1) is 11.3 Å². The van der Waals surface area contributed by atoms with Crippen molar-refractivity contribution in [1.82, 2.24) is 0 Å². The number of methoxy groups -OCH3 is 1. The fourth-order valence-corrected chi connectivity index (χ4v) is 5.56. The number of carbonyl (C=O) groups is 1. The zero-order chi connectivity index (χ0) is 27.5. The number of para-hydroxylation sites is 1. The molecule has 2 aromatic rings. The number of ether oxygens (including phenoxy) is 1. The Bertz CT molecular complexity index is 1080. The lowest BCUT2D eigenvalue weighted by Gasteiger charge is -2.41. The van der Waals surface area contributed by atoms with Crippen LogP contribution in [0.1, 0.15) is 69.1 Å². The first-order chi connectivity index (χ1) is 18.3. The normalized spacial score (nSPS) is 20.7. The number of allylic oxidation sites excluding steroid dienone is 2. The van der Waals surface area contributed by atoms with Gasteiger partial charge in [-0.25, -0.2) is 0 Å². The third kappa shape index (κ3) is 7.49. The minimum absolute atomic E-state index is 0.0676. The van der Waals surface area contributed by atoms with Crippen molar-refractivity contribution in [2.24, 2.45) is 11.3 Å². The summed E-state index contributed by atoms with van der Waals surface area (Å²) in [6.07, 6.45) is 11.4. The SMILES string of the molecule is COC1=CC[C@@](C[NH3+])(C(CC(C)C)c2ccccc2N2CCCCC2)C=C1.O=C([O-])C(O)c1ccccc1. The summed E-state index contributed by atoms with van der Waals surface area (Å²) in [4.78, 5) is 12.8. The molecule has 38 heavy (non-hydrogen) atoms. The molecule has 1 aliphatic heterocycles. The second-order valence-corrected chi connectivity index (χ2v) is 10.8. The minimum atomic E-state index is -1.52. The van der Waals surface area contributed by atoms with Gasteiger partial charge >= 0.3 is 0 Å². The molecule has 206 valence electrons. The van der Waals surface area contributed by atoms with E-state index in [-0.39, 0.29) is 5.41 Å². The van der Waals surface area contributed by atoms with Gasteiger partial charge in [-0.3, -0.25) is 0 Å². The summed E-state index contributed by atoms with van der Waals surface area (Å²) in [5, 5.41) is 19.1. The number of carboxylic acid groups (broad SMARTS) is 1. The predicted molar refractivity (Wildman–Crippen MR) is 150 cm³/mol. The number of carboxylic acids is 1. The van der Waals surface area contributed by atoms with Crippen molar-refractivity contribution < 1.29 is 25.5 Å². The predicted octanol–water partition coefficient (Wildman–Crippen LogP) is 4.00. The first-order valence-electron chi connectivity index (χ1n) is 13.8. The number of rotatable bonds is 9. The largest absolute Gasteiger partial charge is 0.547 e. The number of nitrogens with zero attached hydrogens (tertiary/aromatic N) is 1. The summed E-state index contributed by atoms with van der Waals surface area (Å²) in [5.41, 5.74) is 7.76. The number of aliphatic hydroxyl groups excluding tert-OH is 1. The van der Waals surface area contributed by atoms with Crippen LogP contribution in [0.25, 0.3) is 0 Å². The van der Waals surface area contributed by atoms with Crippen molar-refractivity contribution in [3.8, 4) is 0 Å². The van der Waals surface area contributed by atoms with E-state index in [1.807, 2.05) is 0 Å². The van der Waals surface area contributed by atoms with Crippen LogP contribution in [0.4, 0.5) is 5.69 Å². The van der Waals surface area contributed by atoms with Crippen LogP contribution in [-0.4, -0.2) is 37.8 Å². The van der Waals surface area contributed by atoms with Crippen LogP contribution in [0.5, 0.6) is 0 Å². The van der Waals surface area contributed by atoms with E-state index in [2.05, 4.69) is 67.0 Å². The number of benzene rings is 2. The molecule has 3 atom stereocenters. The van der Waals surface area contributed by atoms with Crippen molar-refractivity contribution in [2.45, 2.75) is 58.0 Å². The molecule has 1 aliphatic carbocycles. The molecule has 1 fully saturated rings. The number of aliphatic carboxylic acids is 1. The van der Waals surface area contributed by atoms with Gasteiger partial charge in [0.05, 0.1) is 19.6 Å². The number of quaternary nitrogens is 1. The van der Waals surface area contributed by atoms with Crippen LogP contribution in [-0.2, 0) is 9.53 Å². The topological polar surface area (TPSA) is 100 Å². The molecule has 0 radical (unpaired) electrons. The monoisotopic (exact) mass is 520 g/mol. The highest BCUT2D eigenvalue weighted by Gasteiger charge is 2.40. The minimum Gasteiger partial charge on any atom is -0.547 e. The summed E-state index contributed by atoms with van der Waals surface area (Å²) in [5.74, 6) is 0.621. The van der Waals surface area contributed by atoms with Crippen molar-refractivity contribution >= 4 is 11.7 Å². The van der Waals surface area contributed by atoms with Gasteiger partial charge in [0.25, 0.3) is 0 Å². The number of aliphatic hydroxyl groups is 1. The van der Waals surface area contributed by atoms with E-state index in [0.29, 0.717) is 17.4 Å². The molecule has 4 N–H and O–H groups in total. The van der Waals surface area contributed by atoms with Gasteiger partial charge in [-0.1, -0.05) is 68.5 Å². The highest BCUT2D eigenvalue weighted by molar-refractivity contribution is 5.71. The average molecular weight is 521 g/mol. The zero-order valence-electron chi connectivity index (χ0n) is 23.1. The van der Waals surface area contributed by atoms with Crippen LogP contribution in [0.2, 0.25) is 0 Å². The highest BCUT2D eigenvalue weighted by atomic mass is 16.5. The van der Waals surface area contributed by atoms with Crippen molar-refractivity contribution in [1.29, 1.82) is 0 Å². The maximum Gasteiger partial charge on any atom is 0.118 e. The van der Waals surface area contributed by atoms with E-state index >= 15 is 0 Å². The standard InChI is InChI=1S/C24H36N2O.C8H8O3/c1-19(2)17-22(24(18-25)13-11-20(27-3)12-14-24)21-9-5-6-10-23(21)26-15-7-4-8-16-26;9-7(8(10)11)6-4-2-1-3-5-6/h5-6,9-13,19,22H,4,7-8,14-18,25H2,1-3H3;1-5,7,9H,(H,10,11)/t22?,24-;/m0./s1. The number of anilines is 1. The Morgan fingerprint density at radius 2 is 1.74 bits per heavy atom. The van der Waals surface area contributed by atoms with Crippen molar-refractivity contribution in [3.63, 3.8) is 0 Å². The second-order valence-electron chi connectivity index (χ2n) is 10.8. The summed E-state index contributed by atoms with van der Waals surface area (Å²) < 4.78 is 5.46. The quantitative estimate of drug-likeness (QED) is 0.521. The second kappa shape index (κ2) is 14.2. The molecule has 2 unspecified atom stereocenters. The first-order valence-corrected chi connectivity index (χ1v) is 13.8. The molecule has 0 aromatic heterocycles. The number of carbonyl (C=O) groups excluding carboxylic acids is 1. The Morgan fingerprint density at radius 1 is 1.08 bits per heavy atom. The van der Waals surface area contributed by atoms with Crippen molar-refractivity contribution in [3.05, 3.63) is 89.7 Å². The lowest BCUT2D eigenvalue weighted by molar-refractivity contribution is -0.389. The van der Waals surface area contributed by atoms with E-state index in [4.69, 9.17) is 9.84 Å². The Labute approximate surface area is 227 Å².